The van der Waals surface area contributed by atoms with Crippen molar-refractivity contribution < 1.29 is 14.3 Å². The van der Waals surface area contributed by atoms with Crippen LogP contribution in [-0.2, 0) is 11.3 Å². The van der Waals surface area contributed by atoms with E-state index in [1.54, 1.807) is 42.5 Å². The third-order valence-corrected chi connectivity index (χ3v) is 5.97. The monoisotopic (exact) mass is 489 g/mol. The molecule has 3 aromatic rings. The van der Waals surface area contributed by atoms with Crippen LogP contribution in [0.5, 0.6) is 5.75 Å². The van der Waals surface area contributed by atoms with Gasteiger partial charge in [0.2, 0.25) is 0 Å². The molecule has 0 aromatic heterocycles. The van der Waals surface area contributed by atoms with E-state index >= 15 is 0 Å². The first-order chi connectivity index (χ1) is 16.9. The van der Waals surface area contributed by atoms with E-state index in [4.69, 9.17) is 16.3 Å². The van der Waals surface area contributed by atoms with Crippen molar-refractivity contribution in [1.82, 2.24) is 10.2 Å². The van der Waals surface area contributed by atoms with E-state index in [0.717, 1.165) is 25.1 Å². The van der Waals surface area contributed by atoms with Crippen LogP contribution in [0.2, 0.25) is 5.02 Å². The van der Waals surface area contributed by atoms with E-state index in [1.165, 1.54) is 5.56 Å². The quantitative estimate of drug-likeness (QED) is 0.418. The summed E-state index contributed by atoms with van der Waals surface area (Å²) in [5, 5.41) is 6.49. The van der Waals surface area contributed by atoms with Gasteiger partial charge in [-0.2, -0.15) is 0 Å². The van der Waals surface area contributed by atoms with Crippen molar-refractivity contribution in [2.45, 2.75) is 25.9 Å². The Morgan fingerprint density at radius 3 is 2.66 bits per heavy atom. The maximum absolute atomic E-state index is 13.0. The predicted molar refractivity (Wildman–Crippen MR) is 139 cm³/mol. The Morgan fingerprint density at radius 2 is 1.91 bits per heavy atom. The third kappa shape index (κ3) is 6.50. The number of amides is 2. The van der Waals surface area contributed by atoms with Gasteiger partial charge in [-0.15, -0.1) is 0 Å². The fourth-order valence-corrected chi connectivity index (χ4v) is 4.13. The second-order valence-corrected chi connectivity index (χ2v) is 9.03. The number of carbonyl (C=O) groups excluding carboxylic acids is 2. The van der Waals surface area contributed by atoms with Crippen LogP contribution in [-0.4, -0.2) is 36.3 Å². The molecule has 0 bridgehead atoms. The molecule has 1 unspecified atom stereocenters. The lowest BCUT2D eigenvalue weighted by atomic mass is 10.1. The fraction of sp³-hybridized carbons (Fsp3) is 0.214. The molecule has 1 aliphatic rings. The van der Waals surface area contributed by atoms with Crippen molar-refractivity contribution >= 4 is 35.2 Å². The van der Waals surface area contributed by atoms with Crippen LogP contribution in [0.25, 0.3) is 6.08 Å². The van der Waals surface area contributed by atoms with Gasteiger partial charge in [-0.25, -0.2) is 0 Å². The molecule has 7 heteroatoms. The number of likely N-dealkylation sites (N-methyl/N-ethyl adjacent to an activating group) is 1. The summed E-state index contributed by atoms with van der Waals surface area (Å²) in [5.74, 6) is 0.0554. The molecule has 0 radical (unpaired) electrons. The van der Waals surface area contributed by atoms with E-state index in [2.05, 4.69) is 34.6 Å². The zero-order valence-electron chi connectivity index (χ0n) is 19.8. The number of nitrogens with one attached hydrogen (secondary N) is 2. The lowest BCUT2D eigenvalue weighted by Crippen LogP contribution is -2.42. The van der Waals surface area contributed by atoms with E-state index in [0.29, 0.717) is 22.0 Å². The number of fused-ring (bicyclic) bond motifs is 1. The Labute approximate surface area is 210 Å². The summed E-state index contributed by atoms with van der Waals surface area (Å²) in [6, 6.07) is 22.4. The minimum atomic E-state index is -0.385. The molecule has 2 N–H and O–H groups in total. The van der Waals surface area contributed by atoms with Gasteiger partial charge in [-0.3, -0.25) is 9.59 Å². The molecule has 0 aliphatic carbocycles. The zero-order valence-corrected chi connectivity index (χ0v) is 20.5. The predicted octanol–water partition coefficient (Wildman–Crippen LogP) is 5.35. The average molecular weight is 490 g/mol. The molecule has 0 saturated heterocycles. The summed E-state index contributed by atoms with van der Waals surface area (Å²) in [4.78, 5) is 27.7. The summed E-state index contributed by atoms with van der Waals surface area (Å²) in [5.41, 5.74) is 2.90. The van der Waals surface area contributed by atoms with Crippen molar-refractivity contribution in [3.05, 3.63) is 100 Å². The van der Waals surface area contributed by atoms with Gasteiger partial charge in [0.15, 0.2) is 11.5 Å². The molecule has 6 nitrogen and oxygen atoms in total. The normalized spacial score (nSPS) is 14.7. The molecule has 3 aromatic carbocycles. The number of ether oxygens (including phenoxy) is 1. The van der Waals surface area contributed by atoms with Crippen LogP contribution in [0.1, 0.15) is 34.8 Å². The van der Waals surface area contributed by atoms with Gasteiger partial charge in [0, 0.05) is 29.7 Å². The van der Waals surface area contributed by atoms with Crippen molar-refractivity contribution in [3.63, 3.8) is 0 Å². The van der Waals surface area contributed by atoms with Crippen LogP contribution in [0.4, 0.5) is 5.69 Å². The highest BCUT2D eigenvalue weighted by atomic mass is 35.5. The highest BCUT2D eigenvalue weighted by Gasteiger charge is 2.24. The van der Waals surface area contributed by atoms with Crippen molar-refractivity contribution in [1.29, 1.82) is 0 Å². The van der Waals surface area contributed by atoms with Crippen molar-refractivity contribution in [3.8, 4) is 5.75 Å². The molecule has 35 heavy (non-hydrogen) atoms. The molecule has 1 atom stereocenters. The summed E-state index contributed by atoms with van der Waals surface area (Å²) >= 11 is 6.03. The molecular formula is C28H28ClN3O3. The van der Waals surface area contributed by atoms with Gasteiger partial charge < -0.3 is 20.3 Å². The molecule has 0 spiro atoms. The first-order valence-electron chi connectivity index (χ1n) is 11.5. The minimum absolute atomic E-state index is 0.00896. The largest absolute Gasteiger partial charge is 0.449 e. The van der Waals surface area contributed by atoms with Gasteiger partial charge in [0.25, 0.3) is 11.8 Å². The third-order valence-electron chi connectivity index (χ3n) is 5.74. The summed E-state index contributed by atoms with van der Waals surface area (Å²) < 4.78 is 5.80. The Morgan fingerprint density at radius 1 is 1.11 bits per heavy atom. The maximum atomic E-state index is 13.0. The molecule has 2 amide bonds. The first kappa shape index (κ1) is 24.5. The number of halogens is 1. The van der Waals surface area contributed by atoms with Gasteiger partial charge >= 0.3 is 0 Å². The SMILES string of the molecule is CCC(CN(C)Cc1ccccc1)NC(=O)c1ccc2c(c1)NC(=O)C(=Cc1cccc(Cl)c1)O2. The van der Waals surface area contributed by atoms with E-state index < -0.39 is 0 Å². The van der Waals surface area contributed by atoms with Gasteiger partial charge in [-0.05, 0) is 61.0 Å². The van der Waals surface area contributed by atoms with Crippen LogP contribution >= 0.6 is 11.6 Å². The van der Waals surface area contributed by atoms with Crippen LogP contribution < -0.4 is 15.4 Å². The lowest BCUT2D eigenvalue weighted by Gasteiger charge is -2.25. The van der Waals surface area contributed by atoms with E-state index in [1.807, 2.05) is 31.3 Å². The van der Waals surface area contributed by atoms with Crippen molar-refractivity contribution in [2.75, 3.05) is 18.9 Å². The Hall–Kier alpha value is -3.61. The Bertz CT molecular complexity index is 1240. The zero-order chi connectivity index (χ0) is 24.8. The number of nitrogens with zero attached hydrogens (tertiary/aromatic N) is 1. The van der Waals surface area contributed by atoms with E-state index in [9.17, 15) is 9.59 Å². The van der Waals surface area contributed by atoms with Gasteiger partial charge in [0.1, 0.15) is 0 Å². The molecule has 1 heterocycles. The average Bonchev–Trinajstić information content (AvgIpc) is 2.84. The molecule has 180 valence electrons. The van der Waals surface area contributed by atoms with E-state index in [-0.39, 0.29) is 23.6 Å². The molecular weight excluding hydrogens is 462 g/mol. The number of benzene rings is 3. The molecule has 1 aliphatic heterocycles. The highest BCUT2D eigenvalue weighted by Crippen LogP contribution is 2.32. The first-order valence-corrected chi connectivity index (χ1v) is 11.9. The number of carbonyl (C=O) groups is 2. The Kier molecular flexibility index (Phi) is 7.85. The molecule has 4 rings (SSSR count). The second-order valence-electron chi connectivity index (χ2n) is 8.59. The molecule has 0 saturated carbocycles. The standard InChI is InChI=1S/C28H28ClN3O3/c1-3-23(18-32(2)17-19-8-5-4-6-9-19)30-27(33)21-12-13-25-24(16-21)31-28(34)26(35-25)15-20-10-7-11-22(29)14-20/h4-16,23H,3,17-18H2,1-2H3,(H,30,33)(H,31,34). The van der Waals surface area contributed by atoms with Crippen molar-refractivity contribution in [2.24, 2.45) is 0 Å². The van der Waals surface area contributed by atoms with Gasteiger partial charge in [-0.1, -0.05) is 61.0 Å². The summed E-state index contributed by atoms with van der Waals surface area (Å²) in [6.45, 7) is 3.58. The van der Waals surface area contributed by atoms with Crippen LogP contribution in [0.15, 0.2) is 78.6 Å². The maximum Gasteiger partial charge on any atom is 0.291 e. The topological polar surface area (TPSA) is 70.7 Å². The van der Waals surface area contributed by atoms with Crippen LogP contribution in [0, 0.1) is 0 Å². The summed E-state index contributed by atoms with van der Waals surface area (Å²) in [7, 11) is 2.04. The fourth-order valence-electron chi connectivity index (χ4n) is 3.93. The lowest BCUT2D eigenvalue weighted by molar-refractivity contribution is -0.115. The number of hydrogen-bond donors (Lipinski definition) is 2. The highest BCUT2D eigenvalue weighted by molar-refractivity contribution is 6.30. The van der Waals surface area contributed by atoms with Gasteiger partial charge in [0.05, 0.1) is 5.69 Å². The minimum Gasteiger partial charge on any atom is -0.449 e. The number of hydrogen-bond acceptors (Lipinski definition) is 4. The summed E-state index contributed by atoms with van der Waals surface area (Å²) in [6.07, 6.45) is 2.43. The number of anilines is 1. The Balaban J connectivity index is 1.41. The smallest absolute Gasteiger partial charge is 0.291 e. The second kappa shape index (κ2) is 11.2. The van der Waals surface area contributed by atoms with Crippen LogP contribution in [0.3, 0.4) is 0 Å². The molecule has 0 fully saturated rings. The number of rotatable bonds is 8.